The van der Waals surface area contributed by atoms with Crippen molar-refractivity contribution in [2.75, 3.05) is 4.43 Å². The second-order valence-corrected chi connectivity index (χ2v) is 3.92. The van der Waals surface area contributed by atoms with E-state index in [1.54, 1.807) is 0 Å². The van der Waals surface area contributed by atoms with Crippen LogP contribution in [0.3, 0.4) is 0 Å². The first-order valence-electron chi connectivity index (χ1n) is 3.78. The maximum Gasteiger partial charge on any atom is 0.307 e. The first kappa shape index (κ1) is 12.8. The van der Waals surface area contributed by atoms with Gasteiger partial charge in [0, 0.05) is 10.8 Å². The predicted molar refractivity (Wildman–Crippen MR) is 55.7 cm³/mol. The average Bonchev–Trinajstić information content (AvgIpc) is 2.05. The van der Waals surface area contributed by atoms with Crippen LogP contribution in [0.1, 0.15) is 19.8 Å². The van der Waals surface area contributed by atoms with Gasteiger partial charge in [-0.25, -0.2) is 0 Å². The molecule has 0 fully saturated rings. The maximum absolute atomic E-state index is 10.5. The Hall–Kier alpha value is -0.240. The lowest BCUT2D eigenvalue weighted by molar-refractivity contribution is -0.141. The fourth-order valence-electron chi connectivity index (χ4n) is 0.760. The molecule has 0 saturated heterocycles. The van der Waals surface area contributed by atoms with Crippen molar-refractivity contribution in [3.63, 3.8) is 0 Å². The molecule has 0 spiro atoms. The molecule has 5 nitrogen and oxygen atoms in total. The van der Waals surface area contributed by atoms with E-state index in [-0.39, 0.29) is 12.8 Å². The van der Waals surface area contributed by atoms with Crippen molar-refractivity contribution in [1.29, 1.82) is 0 Å². The second kappa shape index (κ2) is 5.48. The molecule has 2 N–H and O–H groups in total. The number of hydrogen-bond acceptors (Lipinski definition) is 4. The zero-order valence-electron chi connectivity index (χ0n) is 7.23. The lowest BCUT2D eigenvalue weighted by Crippen LogP contribution is -2.24. The lowest BCUT2D eigenvalue weighted by atomic mass is 10.0. The smallest absolute Gasteiger partial charge is 0.307 e. The van der Waals surface area contributed by atoms with Gasteiger partial charge in [-0.15, -0.1) is 4.91 Å². The van der Waals surface area contributed by atoms with Crippen LogP contribution in [0.4, 0.5) is 0 Å². The number of aliphatic carboxylic acids is 1. The molecule has 0 bridgehead atoms. The molecule has 0 saturated carbocycles. The summed E-state index contributed by atoms with van der Waals surface area (Å²) in [6, 6.07) is 0. The molecule has 6 heteroatoms. The minimum Gasteiger partial charge on any atom is -0.481 e. The van der Waals surface area contributed by atoms with E-state index in [1.165, 1.54) is 6.92 Å². The summed E-state index contributed by atoms with van der Waals surface area (Å²) < 4.78 is 0.460. The summed E-state index contributed by atoms with van der Waals surface area (Å²) >= 11 is 1.96. The van der Waals surface area contributed by atoms with Gasteiger partial charge in [-0.1, -0.05) is 22.6 Å². The van der Waals surface area contributed by atoms with Crippen molar-refractivity contribution in [1.82, 2.24) is 0 Å². The summed E-state index contributed by atoms with van der Waals surface area (Å²) in [5, 5.41) is 20.3. The van der Waals surface area contributed by atoms with Gasteiger partial charge in [-0.2, -0.15) is 0 Å². The number of nitrogens with zero attached hydrogens (tertiary/aromatic N) is 1. The van der Waals surface area contributed by atoms with Crippen LogP contribution in [0.25, 0.3) is 0 Å². The molecule has 0 aliphatic carbocycles. The minimum absolute atomic E-state index is 0.0798. The fourth-order valence-corrected chi connectivity index (χ4v) is 1.58. The highest BCUT2D eigenvalue weighted by molar-refractivity contribution is 14.1. The van der Waals surface area contributed by atoms with E-state index < -0.39 is 17.6 Å². The Labute approximate surface area is 89.6 Å². The van der Waals surface area contributed by atoms with Gasteiger partial charge >= 0.3 is 5.97 Å². The maximum atomic E-state index is 10.5. The molecule has 0 heterocycles. The molecule has 0 unspecified atom stereocenters. The van der Waals surface area contributed by atoms with E-state index >= 15 is 0 Å². The number of carbonyl (C=O) groups is 1. The van der Waals surface area contributed by atoms with E-state index in [2.05, 4.69) is 5.18 Å². The fraction of sp³-hybridized carbons (Fsp3) is 0.857. The number of hydrogen-bond donors (Lipinski definition) is 2. The van der Waals surface area contributed by atoms with Gasteiger partial charge in [-0.05, 0) is 18.5 Å². The number of carboxylic acid groups (broad SMARTS) is 1. The van der Waals surface area contributed by atoms with Crippen molar-refractivity contribution in [3.05, 3.63) is 4.91 Å². The van der Waals surface area contributed by atoms with E-state index in [4.69, 9.17) is 5.11 Å². The van der Waals surface area contributed by atoms with Crippen LogP contribution >= 0.6 is 22.6 Å². The summed E-state index contributed by atoms with van der Waals surface area (Å²) in [6.07, 6.45) is 0.341. The van der Waals surface area contributed by atoms with Gasteiger partial charge in [0.1, 0.15) is 0 Å². The molecular formula is C7H12INO4. The van der Waals surface area contributed by atoms with Crippen LogP contribution in [0.5, 0.6) is 0 Å². The Morgan fingerprint density at radius 2 is 2.23 bits per heavy atom. The first-order valence-corrected chi connectivity index (χ1v) is 5.31. The van der Waals surface area contributed by atoms with Gasteiger partial charge in [0.05, 0.1) is 5.92 Å². The summed E-state index contributed by atoms with van der Waals surface area (Å²) in [6.45, 7) is 1.27. The molecule has 0 aliphatic rings. The van der Waals surface area contributed by atoms with Crippen LogP contribution in [0.15, 0.2) is 5.18 Å². The minimum atomic E-state index is -1.64. The lowest BCUT2D eigenvalue weighted by Gasteiger charge is -2.15. The molecule has 0 radical (unpaired) electrons. The van der Waals surface area contributed by atoms with E-state index in [9.17, 15) is 14.8 Å². The Kier molecular flexibility index (Phi) is 5.38. The molecule has 0 aromatic carbocycles. The Balaban J connectivity index is 3.99. The normalized spacial score (nSPS) is 17.5. The van der Waals surface area contributed by atoms with Crippen molar-refractivity contribution >= 4 is 28.6 Å². The molecule has 76 valence electrons. The second-order valence-electron chi connectivity index (χ2n) is 3.04. The quantitative estimate of drug-likeness (QED) is 0.441. The van der Waals surface area contributed by atoms with Crippen molar-refractivity contribution < 1.29 is 15.0 Å². The molecule has 0 aromatic rings. The summed E-state index contributed by atoms with van der Waals surface area (Å²) in [5.41, 5.74) is -1.64. The monoisotopic (exact) mass is 301 g/mol. The van der Waals surface area contributed by atoms with Crippen LogP contribution in [-0.2, 0) is 4.79 Å². The van der Waals surface area contributed by atoms with Crippen LogP contribution < -0.4 is 0 Å². The third-order valence-corrected chi connectivity index (χ3v) is 2.76. The standard InChI is InChI=1S/C7H12INO4/c1-7(12,9-13)3-2-5(4-8)6(10)11/h5,12H,2-4H2,1H3,(H,10,11)/t5-,7+/m1/s1. The van der Waals surface area contributed by atoms with E-state index in [1.807, 2.05) is 22.6 Å². The van der Waals surface area contributed by atoms with Gasteiger partial charge in [-0.3, -0.25) is 4.79 Å². The van der Waals surface area contributed by atoms with Crippen molar-refractivity contribution in [3.8, 4) is 0 Å². The third kappa shape index (κ3) is 5.14. The van der Waals surface area contributed by atoms with Crippen LogP contribution in [-0.4, -0.2) is 26.3 Å². The molecule has 0 aromatic heterocycles. The summed E-state index contributed by atoms with van der Waals surface area (Å²) in [4.78, 5) is 20.6. The van der Waals surface area contributed by atoms with Crippen molar-refractivity contribution in [2.24, 2.45) is 11.1 Å². The largest absolute Gasteiger partial charge is 0.481 e. The molecule has 13 heavy (non-hydrogen) atoms. The molecule has 0 amide bonds. The van der Waals surface area contributed by atoms with Crippen LogP contribution in [0, 0.1) is 10.8 Å². The Bertz CT molecular complexity index is 195. The van der Waals surface area contributed by atoms with Crippen LogP contribution in [0.2, 0.25) is 0 Å². The van der Waals surface area contributed by atoms with Gasteiger partial charge in [0.15, 0.2) is 5.72 Å². The highest BCUT2D eigenvalue weighted by atomic mass is 127. The van der Waals surface area contributed by atoms with E-state index in [0.29, 0.717) is 4.43 Å². The number of alkyl halides is 1. The SMILES string of the molecule is C[C@](O)(CC[C@H](CI)C(=O)O)N=O. The molecule has 0 rings (SSSR count). The summed E-state index contributed by atoms with van der Waals surface area (Å²) in [5.74, 6) is -1.43. The Morgan fingerprint density at radius 3 is 2.54 bits per heavy atom. The highest BCUT2D eigenvalue weighted by Crippen LogP contribution is 2.19. The molecule has 0 aliphatic heterocycles. The topological polar surface area (TPSA) is 87.0 Å². The number of aliphatic hydroxyl groups is 1. The third-order valence-electron chi connectivity index (χ3n) is 1.70. The van der Waals surface area contributed by atoms with Gasteiger partial charge in [0.2, 0.25) is 0 Å². The zero-order valence-corrected chi connectivity index (χ0v) is 9.39. The zero-order chi connectivity index (χ0) is 10.5. The highest BCUT2D eigenvalue weighted by Gasteiger charge is 2.25. The number of nitroso groups, excluding NO2 is 1. The van der Waals surface area contributed by atoms with E-state index in [0.717, 1.165) is 0 Å². The van der Waals surface area contributed by atoms with Gasteiger partial charge in [0.25, 0.3) is 0 Å². The number of halogens is 1. The van der Waals surface area contributed by atoms with Crippen molar-refractivity contribution in [2.45, 2.75) is 25.5 Å². The van der Waals surface area contributed by atoms with Gasteiger partial charge < -0.3 is 10.2 Å². The molecule has 2 atom stereocenters. The Morgan fingerprint density at radius 1 is 1.69 bits per heavy atom. The number of rotatable bonds is 6. The average molecular weight is 301 g/mol. The number of carboxylic acids is 1. The molecular weight excluding hydrogens is 289 g/mol. The first-order chi connectivity index (χ1) is 5.93. The summed E-state index contributed by atoms with van der Waals surface area (Å²) in [7, 11) is 0. The predicted octanol–water partition coefficient (Wildman–Crippen LogP) is 1.38.